The largest absolute Gasteiger partial charge is 0.354 e. The van der Waals surface area contributed by atoms with Gasteiger partial charge >= 0.3 is 0 Å². The van der Waals surface area contributed by atoms with Crippen molar-refractivity contribution in [3.8, 4) is 0 Å². The summed E-state index contributed by atoms with van der Waals surface area (Å²) in [4.78, 5) is 27.8. The molecular weight excluding hydrogens is 516 g/mol. The second kappa shape index (κ2) is 13.1. The Hall–Kier alpha value is -2.36. The number of carbonyl (C=O) groups excluding carboxylic acids is 2. The van der Waals surface area contributed by atoms with E-state index in [0.29, 0.717) is 22.2 Å². The maximum atomic E-state index is 13.8. The molecule has 0 spiro atoms. The van der Waals surface area contributed by atoms with E-state index in [1.165, 1.54) is 23.1 Å². The van der Waals surface area contributed by atoms with E-state index in [0.717, 1.165) is 29.5 Å². The molecule has 35 heavy (non-hydrogen) atoms. The van der Waals surface area contributed by atoms with Crippen LogP contribution in [-0.2, 0) is 26.2 Å². The van der Waals surface area contributed by atoms with Gasteiger partial charge in [-0.3, -0.25) is 13.9 Å². The van der Waals surface area contributed by atoms with Gasteiger partial charge in [-0.15, -0.1) is 0 Å². The molecule has 0 aliphatic carbocycles. The summed E-state index contributed by atoms with van der Waals surface area (Å²) in [6, 6.07) is 8.92. The standard InChI is InChI=1S/C24H30Cl2FN3O4S/c1-4-6-13-28-24(32)22(5-2)29(15-19-20(25)11-8-12-21(19)26)23(31)16-30(35(3,33)34)18-10-7-9-17(27)14-18/h7-12,14,22H,4-6,13,15-16H2,1-3H3,(H,28,32)/t22-/m1/s1. The number of hydrogen-bond donors (Lipinski definition) is 1. The molecule has 7 nitrogen and oxygen atoms in total. The van der Waals surface area contributed by atoms with Gasteiger partial charge in [-0.05, 0) is 43.2 Å². The average molecular weight is 546 g/mol. The molecule has 2 rings (SSSR count). The van der Waals surface area contributed by atoms with Crippen molar-refractivity contribution in [2.75, 3.05) is 23.7 Å². The van der Waals surface area contributed by atoms with Crippen LogP contribution in [0.5, 0.6) is 0 Å². The lowest BCUT2D eigenvalue weighted by Gasteiger charge is -2.33. The van der Waals surface area contributed by atoms with Crippen molar-refractivity contribution in [2.45, 2.75) is 45.7 Å². The minimum absolute atomic E-state index is 0.00276. The molecule has 0 saturated carbocycles. The van der Waals surface area contributed by atoms with E-state index < -0.39 is 34.3 Å². The van der Waals surface area contributed by atoms with Crippen LogP contribution in [0.4, 0.5) is 10.1 Å². The van der Waals surface area contributed by atoms with Crippen LogP contribution in [0.3, 0.4) is 0 Å². The zero-order chi connectivity index (χ0) is 26.2. The fourth-order valence-corrected chi connectivity index (χ4v) is 4.88. The Morgan fingerprint density at radius 2 is 1.71 bits per heavy atom. The first-order chi connectivity index (χ1) is 16.5. The van der Waals surface area contributed by atoms with E-state index in [4.69, 9.17) is 23.2 Å². The number of nitrogens with one attached hydrogen (secondary N) is 1. The number of rotatable bonds is 12. The van der Waals surface area contributed by atoms with Gasteiger partial charge in [-0.1, -0.05) is 55.6 Å². The minimum Gasteiger partial charge on any atom is -0.354 e. The Kier molecular flexibility index (Phi) is 10.8. The first-order valence-corrected chi connectivity index (χ1v) is 13.8. The molecule has 0 aromatic heterocycles. The molecule has 0 radical (unpaired) electrons. The number of hydrogen-bond acceptors (Lipinski definition) is 4. The van der Waals surface area contributed by atoms with Gasteiger partial charge in [-0.25, -0.2) is 12.8 Å². The van der Waals surface area contributed by atoms with Gasteiger partial charge in [0.05, 0.1) is 11.9 Å². The molecule has 0 heterocycles. The third kappa shape index (κ3) is 8.08. The summed E-state index contributed by atoms with van der Waals surface area (Å²) in [5.74, 6) is -1.67. The molecule has 0 unspecified atom stereocenters. The highest BCUT2D eigenvalue weighted by molar-refractivity contribution is 7.92. The van der Waals surface area contributed by atoms with Crippen molar-refractivity contribution in [3.63, 3.8) is 0 Å². The quantitative estimate of drug-likeness (QED) is 0.394. The van der Waals surface area contributed by atoms with Crippen LogP contribution < -0.4 is 9.62 Å². The second-order valence-electron chi connectivity index (χ2n) is 8.04. The molecule has 2 amide bonds. The normalized spacial score (nSPS) is 12.2. The molecule has 2 aromatic rings. The molecule has 0 bridgehead atoms. The SMILES string of the molecule is CCCCNC(=O)[C@@H](CC)N(Cc1c(Cl)cccc1Cl)C(=O)CN(c1cccc(F)c1)S(C)(=O)=O. The third-order valence-electron chi connectivity index (χ3n) is 5.38. The Labute approximate surface area is 216 Å². The van der Waals surface area contributed by atoms with Crippen molar-refractivity contribution in [3.05, 3.63) is 63.9 Å². The molecule has 0 aliphatic rings. The Morgan fingerprint density at radius 3 is 2.26 bits per heavy atom. The van der Waals surface area contributed by atoms with E-state index in [1.807, 2.05) is 6.92 Å². The summed E-state index contributed by atoms with van der Waals surface area (Å²) in [5, 5.41) is 3.44. The topological polar surface area (TPSA) is 86.8 Å². The van der Waals surface area contributed by atoms with Crippen molar-refractivity contribution >= 4 is 50.7 Å². The minimum atomic E-state index is -3.96. The van der Waals surface area contributed by atoms with E-state index in [9.17, 15) is 22.4 Å². The van der Waals surface area contributed by atoms with Gasteiger partial charge in [0, 0.05) is 28.7 Å². The fourth-order valence-electron chi connectivity index (χ4n) is 3.52. The first kappa shape index (κ1) is 28.9. The van der Waals surface area contributed by atoms with Crippen LogP contribution in [0, 0.1) is 5.82 Å². The average Bonchev–Trinajstić information content (AvgIpc) is 2.78. The zero-order valence-corrected chi connectivity index (χ0v) is 22.3. The van der Waals surface area contributed by atoms with Crippen LogP contribution >= 0.6 is 23.2 Å². The van der Waals surface area contributed by atoms with Crippen molar-refractivity contribution in [1.82, 2.24) is 10.2 Å². The third-order valence-corrected chi connectivity index (χ3v) is 7.23. The number of carbonyl (C=O) groups is 2. The van der Waals surface area contributed by atoms with E-state index >= 15 is 0 Å². The summed E-state index contributed by atoms with van der Waals surface area (Å²) in [5.41, 5.74) is 0.428. The zero-order valence-electron chi connectivity index (χ0n) is 19.9. The number of unbranched alkanes of at least 4 members (excludes halogenated alkanes) is 1. The van der Waals surface area contributed by atoms with Gasteiger partial charge < -0.3 is 10.2 Å². The predicted molar refractivity (Wildman–Crippen MR) is 138 cm³/mol. The number of nitrogens with zero attached hydrogens (tertiary/aromatic N) is 2. The van der Waals surface area contributed by atoms with Crippen molar-refractivity contribution < 1.29 is 22.4 Å². The van der Waals surface area contributed by atoms with Crippen LogP contribution in [-0.4, -0.2) is 50.5 Å². The van der Waals surface area contributed by atoms with Crippen molar-refractivity contribution in [1.29, 1.82) is 0 Å². The Balaban J connectivity index is 2.46. The molecule has 0 saturated heterocycles. The summed E-state index contributed by atoms with van der Waals surface area (Å²) in [6.07, 6.45) is 2.85. The molecule has 0 fully saturated rings. The van der Waals surface area contributed by atoms with Crippen molar-refractivity contribution in [2.24, 2.45) is 0 Å². The second-order valence-corrected chi connectivity index (χ2v) is 10.8. The molecule has 2 aromatic carbocycles. The monoisotopic (exact) mass is 545 g/mol. The first-order valence-electron chi connectivity index (χ1n) is 11.2. The van der Waals surface area contributed by atoms with E-state index in [1.54, 1.807) is 25.1 Å². The highest BCUT2D eigenvalue weighted by atomic mass is 35.5. The maximum absolute atomic E-state index is 13.8. The molecule has 11 heteroatoms. The number of benzene rings is 2. The predicted octanol–water partition coefficient (Wildman–Crippen LogP) is 4.62. The highest BCUT2D eigenvalue weighted by Gasteiger charge is 2.32. The molecular formula is C24H30Cl2FN3O4S. The molecule has 192 valence electrons. The summed E-state index contributed by atoms with van der Waals surface area (Å²) < 4.78 is 39.7. The van der Waals surface area contributed by atoms with E-state index in [-0.39, 0.29) is 24.6 Å². The van der Waals surface area contributed by atoms with Crippen LogP contribution in [0.25, 0.3) is 0 Å². The summed E-state index contributed by atoms with van der Waals surface area (Å²) >= 11 is 12.7. The number of halogens is 3. The van der Waals surface area contributed by atoms with E-state index in [2.05, 4.69) is 5.32 Å². The summed E-state index contributed by atoms with van der Waals surface area (Å²) in [6.45, 7) is 3.44. The van der Waals surface area contributed by atoms with Gasteiger partial charge in [0.1, 0.15) is 18.4 Å². The Morgan fingerprint density at radius 1 is 1.09 bits per heavy atom. The lowest BCUT2D eigenvalue weighted by Crippen LogP contribution is -2.52. The smallest absolute Gasteiger partial charge is 0.244 e. The number of sulfonamides is 1. The fraction of sp³-hybridized carbons (Fsp3) is 0.417. The van der Waals surface area contributed by atoms with Gasteiger partial charge in [-0.2, -0.15) is 0 Å². The van der Waals surface area contributed by atoms with Crippen LogP contribution in [0.1, 0.15) is 38.7 Å². The lowest BCUT2D eigenvalue weighted by molar-refractivity contribution is -0.140. The van der Waals surface area contributed by atoms with Crippen LogP contribution in [0.15, 0.2) is 42.5 Å². The number of amides is 2. The maximum Gasteiger partial charge on any atom is 0.244 e. The molecule has 0 aliphatic heterocycles. The molecule has 1 atom stereocenters. The summed E-state index contributed by atoms with van der Waals surface area (Å²) in [7, 11) is -3.96. The van der Waals surface area contributed by atoms with Gasteiger partial charge in [0.15, 0.2) is 0 Å². The highest BCUT2D eigenvalue weighted by Crippen LogP contribution is 2.27. The molecule has 1 N–H and O–H groups in total. The van der Waals surface area contributed by atoms with Gasteiger partial charge in [0.2, 0.25) is 21.8 Å². The van der Waals surface area contributed by atoms with Gasteiger partial charge in [0.25, 0.3) is 0 Å². The Bertz CT molecular complexity index is 1130. The lowest BCUT2D eigenvalue weighted by atomic mass is 10.1. The number of anilines is 1. The van der Waals surface area contributed by atoms with Crippen LogP contribution in [0.2, 0.25) is 10.0 Å².